The second-order valence-corrected chi connectivity index (χ2v) is 6.22. The molecule has 2 aromatic rings. The maximum absolute atomic E-state index is 13.6. The molecule has 9 heteroatoms. The summed E-state index contributed by atoms with van der Waals surface area (Å²) < 4.78 is 40.0. The van der Waals surface area contributed by atoms with Crippen LogP contribution in [0.4, 0.5) is 4.39 Å². The summed E-state index contributed by atoms with van der Waals surface area (Å²) in [7, 11) is -3.96. The average molecular weight is 332 g/mol. The summed E-state index contributed by atoms with van der Waals surface area (Å²) in [5, 5.41) is 16.1. The Labute approximate surface area is 125 Å². The molecule has 0 unspecified atom stereocenters. The summed E-state index contributed by atoms with van der Waals surface area (Å²) in [6.07, 6.45) is 1.46. The molecule has 2 rings (SSSR count). The van der Waals surface area contributed by atoms with Crippen molar-refractivity contribution >= 4 is 21.6 Å². The summed E-state index contributed by atoms with van der Waals surface area (Å²) in [5.41, 5.74) is 0.412. The molecular formula is C12H11ClFN3O3S. The zero-order valence-electron chi connectivity index (χ0n) is 10.6. The van der Waals surface area contributed by atoms with E-state index >= 15 is 0 Å². The average Bonchev–Trinajstić information content (AvgIpc) is 2.49. The van der Waals surface area contributed by atoms with Gasteiger partial charge in [-0.15, -0.1) is 0 Å². The number of halogens is 2. The Morgan fingerprint density at radius 2 is 2.14 bits per heavy atom. The summed E-state index contributed by atoms with van der Waals surface area (Å²) in [5.74, 6) is -0.914. The Hall–Kier alpha value is -1.61. The fourth-order valence-corrected chi connectivity index (χ4v) is 2.80. The quantitative estimate of drug-likeness (QED) is 0.860. The molecule has 0 spiro atoms. The first-order chi connectivity index (χ1) is 9.94. The van der Waals surface area contributed by atoms with E-state index in [9.17, 15) is 12.8 Å². The van der Waals surface area contributed by atoms with Crippen LogP contribution >= 0.6 is 11.6 Å². The van der Waals surface area contributed by atoms with Crippen LogP contribution in [0.3, 0.4) is 0 Å². The molecule has 0 saturated carbocycles. The van der Waals surface area contributed by atoms with Gasteiger partial charge in [0.25, 0.3) is 0 Å². The van der Waals surface area contributed by atoms with E-state index in [2.05, 4.69) is 14.9 Å². The van der Waals surface area contributed by atoms with Crippen LogP contribution in [-0.2, 0) is 23.2 Å². The monoisotopic (exact) mass is 331 g/mol. The van der Waals surface area contributed by atoms with E-state index in [-0.39, 0.29) is 22.0 Å². The molecule has 2 N–H and O–H groups in total. The SMILES string of the molecule is O=S(=O)(NCc1cccnn1)c1cc(F)c(Cl)c(CO)c1. The van der Waals surface area contributed by atoms with Gasteiger partial charge >= 0.3 is 0 Å². The number of hydrogen-bond acceptors (Lipinski definition) is 5. The lowest BCUT2D eigenvalue weighted by Crippen LogP contribution is -2.24. The van der Waals surface area contributed by atoms with Gasteiger partial charge in [-0.25, -0.2) is 17.5 Å². The predicted octanol–water partition coefficient (Wildman–Crippen LogP) is 1.24. The molecule has 0 aliphatic rings. The lowest BCUT2D eigenvalue weighted by atomic mass is 10.2. The van der Waals surface area contributed by atoms with Gasteiger partial charge in [-0.2, -0.15) is 10.2 Å². The lowest BCUT2D eigenvalue weighted by molar-refractivity contribution is 0.281. The van der Waals surface area contributed by atoms with E-state index in [1.807, 2.05) is 0 Å². The number of nitrogens with zero attached hydrogens (tertiary/aromatic N) is 2. The van der Waals surface area contributed by atoms with Crippen LogP contribution in [-0.4, -0.2) is 23.7 Å². The van der Waals surface area contributed by atoms with Crippen molar-refractivity contribution in [1.29, 1.82) is 0 Å². The Balaban J connectivity index is 2.25. The normalized spacial score (nSPS) is 11.6. The fourth-order valence-electron chi connectivity index (χ4n) is 1.57. The highest BCUT2D eigenvalue weighted by atomic mass is 35.5. The number of sulfonamides is 1. The van der Waals surface area contributed by atoms with E-state index in [1.54, 1.807) is 12.1 Å². The largest absolute Gasteiger partial charge is 0.392 e. The first kappa shape index (κ1) is 15.8. The zero-order chi connectivity index (χ0) is 15.5. The zero-order valence-corrected chi connectivity index (χ0v) is 12.2. The predicted molar refractivity (Wildman–Crippen MR) is 73.4 cm³/mol. The highest BCUT2D eigenvalue weighted by molar-refractivity contribution is 7.89. The van der Waals surface area contributed by atoms with Gasteiger partial charge < -0.3 is 5.11 Å². The molecule has 6 nitrogen and oxygen atoms in total. The van der Waals surface area contributed by atoms with Crippen molar-refractivity contribution in [3.8, 4) is 0 Å². The Morgan fingerprint density at radius 1 is 1.38 bits per heavy atom. The number of aliphatic hydroxyl groups is 1. The van der Waals surface area contributed by atoms with Crippen LogP contribution < -0.4 is 4.72 Å². The topological polar surface area (TPSA) is 92.2 Å². The number of aliphatic hydroxyl groups excluding tert-OH is 1. The summed E-state index contributed by atoms with van der Waals surface area (Å²) >= 11 is 5.62. The van der Waals surface area contributed by atoms with E-state index in [4.69, 9.17) is 16.7 Å². The van der Waals surface area contributed by atoms with E-state index < -0.39 is 22.4 Å². The number of benzene rings is 1. The Kier molecular flexibility index (Phi) is 4.84. The smallest absolute Gasteiger partial charge is 0.241 e. The van der Waals surface area contributed by atoms with Gasteiger partial charge in [0.05, 0.1) is 28.8 Å². The minimum Gasteiger partial charge on any atom is -0.392 e. The highest BCUT2D eigenvalue weighted by Gasteiger charge is 2.18. The molecular weight excluding hydrogens is 321 g/mol. The minimum atomic E-state index is -3.96. The van der Waals surface area contributed by atoms with Crippen LogP contribution in [0.15, 0.2) is 35.4 Å². The van der Waals surface area contributed by atoms with Crippen LogP contribution in [0.25, 0.3) is 0 Å². The molecule has 21 heavy (non-hydrogen) atoms. The molecule has 0 saturated heterocycles. The van der Waals surface area contributed by atoms with E-state index in [0.717, 1.165) is 12.1 Å². The molecule has 1 aromatic carbocycles. The van der Waals surface area contributed by atoms with Crippen LogP contribution in [0.5, 0.6) is 0 Å². The summed E-state index contributed by atoms with van der Waals surface area (Å²) in [6, 6.07) is 5.12. The molecule has 0 atom stereocenters. The lowest BCUT2D eigenvalue weighted by Gasteiger charge is -2.09. The van der Waals surface area contributed by atoms with E-state index in [1.165, 1.54) is 6.20 Å². The van der Waals surface area contributed by atoms with Crippen molar-refractivity contribution in [2.75, 3.05) is 0 Å². The molecule has 0 aliphatic heterocycles. The van der Waals surface area contributed by atoms with Crippen LogP contribution in [0, 0.1) is 5.82 Å². The molecule has 0 radical (unpaired) electrons. The third-order valence-corrected chi connectivity index (χ3v) is 4.43. The third-order valence-electron chi connectivity index (χ3n) is 2.63. The van der Waals surface area contributed by atoms with Gasteiger partial charge in [-0.1, -0.05) is 11.6 Å². The maximum atomic E-state index is 13.6. The highest BCUT2D eigenvalue weighted by Crippen LogP contribution is 2.24. The number of hydrogen-bond donors (Lipinski definition) is 2. The van der Waals surface area contributed by atoms with Crippen molar-refractivity contribution in [2.24, 2.45) is 0 Å². The molecule has 1 aromatic heterocycles. The van der Waals surface area contributed by atoms with Gasteiger partial charge in [-0.05, 0) is 24.3 Å². The van der Waals surface area contributed by atoms with Crippen molar-refractivity contribution in [3.05, 3.63) is 52.6 Å². The van der Waals surface area contributed by atoms with Crippen molar-refractivity contribution in [2.45, 2.75) is 18.0 Å². The summed E-state index contributed by atoms with van der Waals surface area (Å²) in [6.45, 7) is -0.655. The van der Waals surface area contributed by atoms with Gasteiger partial charge in [0.1, 0.15) is 5.82 Å². The van der Waals surface area contributed by atoms with E-state index in [0.29, 0.717) is 5.69 Å². The Morgan fingerprint density at radius 3 is 2.76 bits per heavy atom. The number of rotatable bonds is 5. The molecule has 0 bridgehead atoms. The first-order valence-electron chi connectivity index (χ1n) is 5.79. The van der Waals surface area contributed by atoms with Gasteiger partial charge in [-0.3, -0.25) is 0 Å². The molecule has 0 amide bonds. The number of nitrogens with one attached hydrogen (secondary N) is 1. The maximum Gasteiger partial charge on any atom is 0.241 e. The van der Waals surface area contributed by atoms with Crippen molar-refractivity contribution < 1.29 is 17.9 Å². The molecule has 0 fully saturated rings. The second kappa shape index (κ2) is 6.44. The van der Waals surface area contributed by atoms with Crippen LogP contribution in [0.1, 0.15) is 11.3 Å². The van der Waals surface area contributed by atoms with Crippen molar-refractivity contribution in [3.63, 3.8) is 0 Å². The first-order valence-corrected chi connectivity index (χ1v) is 7.65. The molecule has 0 aliphatic carbocycles. The minimum absolute atomic E-state index is 0.00320. The van der Waals surface area contributed by atoms with Crippen molar-refractivity contribution in [1.82, 2.24) is 14.9 Å². The third kappa shape index (κ3) is 3.73. The van der Waals surface area contributed by atoms with Gasteiger partial charge in [0.15, 0.2) is 0 Å². The fraction of sp³-hybridized carbons (Fsp3) is 0.167. The molecule has 112 valence electrons. The summed E-state index contributed by atoms with van der Waals surface area (Å²) in [4.78, 5) is -0.322. The Bertz CT molecular complexity index is 741. The second-order valence-electron chi connectivity index (χ2n) is 4.08. The van der Waals surface area contributed by atoms with Crippen LogP contribution in [0.2, 0.25) is 5.02 Å². The molecule has 1 heterocycles. The standard InChI is InChI=1S/C12H11ClFN3O3S/c13-12-8(7-18)4-10(5-11(12)14)21(19,20)16-6-9-2-1-3-15-17-9/h1-5,16,18H,6-7H2. The van der Waals surface area contributed by atoms with Gasteiger partial charge in [0, 0.05) is 11.8 Å². The number of aromatic nitrogens is 2. The van der Waals surface area contributed by atoms with Gasteiger partial charge in [0.2, 0.25) is 10.0 Å².